The number of benzene rings is 2. The van der Waals surface area contributed by atoms with Crippen molar-refractivity contribution in [3.8, 4) is 0 Å². The Labute approximate surface area is 179 Å². The highest BCUT2D eigenvalue weighted by molar-refractivity contribution is 7.98. The number of thioether (sulfide) groups is 1. The molecule has 0 saturated carbocycles. The third kappa shape index (κ3) is 7.59. The molecule has 0 aliphatic heterocycles. The molecule has 9 heteroatoms. The molecular formula is C21H24N4O4S. The average molecular weight is 429 g/mol. The number of carbonyl (C=O) groups is 2. The van der Waals surface area contributed by atoms with Crippen LogP contribution in [-0.2, 0) is 10.5 Å². The summed E-state index contributed by atoms with van der Waals surface area (Å²) >= 11 is 1.52. The number of hydrogen-bond acceptors (Lipinski definition) is 6. The van der Waals surface area contributed by atoms with Crippen molar-refractivity contribution in [3.63, 3.8) is 0 Å². The number of carbonyl (C=O) groups excluding carboxylic acids is 2. The molecule has 1 unspecified atom stereocenters. The van der Waals surface area contributed by atoms with Crippen LogP contribution < -0.4 is 16.2 Å². The number of nitrogens with one attached hydrogen (secondary N) is 3. The molecule has 2 amide bonds. The Morgan fingerprint density at radius 3 is 2.37 bits per heavy atom. The zero-order valence-electron chi connectivity index (χ0n) is 16.8. The normalized spacial score (nSPS) is 11.1. The second-order valence-corrected chi connectivity index (χ2v) is 7.72. The summed E-state index contributed by atoms with van der Waals surface area (Å²) < 4.78 is 0. The van der Waals surface area contributed by atoms with Gasteiger partial charge in [0, 0.05) is 35.4 Å². The molecule has 2 aromatic carbocycles. The third-order valence-electron chi connectivity index (χ3n) is 3.91. The number of nitro groups is 1. The van der Waals surface area contributed by atoms with Gasteiger partial charge >= 0.3 is 0 Å². The van der Waals surface area contributed by atoms with E-state index in [2.05, 4.69) is 16.2 Å². The first kappa shape index (κ1) is 23.0. The number of hydrogen-bond donors (Lipinski definition) is 3. The van der Waals surface area contributed by atoms with Crippen LogP contribution in [0.1, 0.15) is 29.8 Å². The minimum Gasteiger partial charge on any atom is -0.339 e. The molecule has 158 valence electrons. The smallest absolute Gasteiger partial charge is 0.269 e. The van der Waals surface area contributed by atoms with Crippen molar-refractivity contribution in [1.82, 2.24) is 16.2 Å². The van der Waals surface area contributed by atoms with Crippen molar-refractivity contribution in [3.05, 3.63) is 87.6 Å². The van der Waals surface area contributed by atoms with Gasteiger partial charge in [0.1, 0.15) is 6.04 Å². The molecule has 0 radical (unpaired) electrons. The standard InChI is InChI=1S/C21H24N4O4S/c1-15(2)12-22-24-21(27)19(14-30-13-16-6-4-3-5-7-16)23-20(26)17-8-10-18(11-9-17)25(28)29/h3-12,19,22H,13-14H2,1-2H3,(H,23,26)(H,24,27). The lowest BCUT2D eigenvalue weighted by Crippen LogP contribution is -2.51. The Morgan fingerprint density at radius 1 is 1.10 bits per heavy atom. The van der Waals surface area contributed by atoms with Gasteiger partial charge in [-0.25, -0.2) is 0 Å². The molecule has 0 saturated heterocycles. The van der Waals surface area contributed by atoms with Crippen LogP contribution in [0.25, 0.3) is 0 Å². The number of hydrazine groups is 1. The van der Waals surface area contributed by atoms with Crippen molar-refractivity contribution in [1.29, 1.82) is 0 Å². The average Bonchev–Trinajstić information content (AvgIpc) is 2.73. The third-order valence-corrected chi connectivity index (χ3v) is 5.02. The van der Waals surface area contributed by atoms with Crippen LogP contribution in [0, 0.1) is 10.1 Å². The maximum absolute atomic E-state index is 12.6. The van der Waals surface area contributed by atoms with E-state index in [1.165, 1.54) is 36.0 Å². The van der Waals surface area contributed by atoms with Gasteiger partial charge in [0.05, 0.1) is 4.92 Å². The van der Waals surface area contributed by atoms with Gasteiger partial charge in [0.25, 0.3) is 17.5 Å². The summed E-state index contributed by atoms with van der Waals surface area (Å²) in [6.07, 6.45) is 1.64. The maximum atomic E-state index is 12.6. The molecule has 0 spiro atoms. The van der Waals surface area contributed by atoms with E-state index in [9.17, 15) is 19.7 Å². The summed E-state index contributed by atoms with van der Waals surface area (Å²) in [5, 5.41) is 13.5. The fourth-order valence-corrected chi connectivity index (χ4v) is 3.38. The molecule has 30 heavy (non-hydrogen) atoms. The molecule has 0 aliphatic carbocycles. The van der Waals surface area contributed by atoms with Gasteiger partial charge in [0.2, 0.25) is 0 Å². The van der Waals surface area contributed by atoms with Crippen LogP contribution in [0.3, 0.4) is 0 Å². The molecular weight excluding hydrogens is 404 g/mol. The van der Waals surface area contributed by atoms with Gasteiger partial charge in [-0.05, 0) is 31.5 Å². The lowest BCUT2D eigenvalue weighted by molar-refractivity contribution is -0.384. The van der Waals surface area contributed by atoms with Crippen molar-refractivity contribution in [2.75, 3.05) is 5.75 Å². The first-order valence-corrected chi connectivity index (χ1v) is 10.4. The molecule has 2 rings (SSSR count). The molecule has 2 aromatic rings. The Hall–Kier alpha value is -3.33. The lowest BCUT2D eigenvalue weighted by Gasteiger charge is -2.18. The van der Waals surface area contributed by atoms with Crippen molar-refractivity contribution in [2.45, 2.75) is 25.6 Å². The zero-order chi connectivity index (χ0) is 21.9. The lowest BCUT2D eigenvalue weighted by atomic mass is 10.2. The van der Waals surface area contributed by atoms with E-state index in [4.69, 9.17) is 0 Å². The Balaban J connectivity index is 2.02. The van der Waals surface area contributed by atoms with E-state index in [1.54, 1.807) is 6.20 Å². The van der Waals surface area contributed by atoms with E-state index in [-0.39, 0.29) is 17.2 Å². The van der Waals surface area contributed by atoms with Crippen LogP contribution in [0.15, 0.2) is 66.4 Å². The first-order valence-electron chi connectivity index (χ1n) is 9.22. The molecule has 0 aromatic heterocycles. The Morgan fingerprint density at radius 2 is 1.77 bits per heavy atom. The second-order valence-electron chi connectivity index (χ2n) is 6.69. The summed E-state index contributed by atoms with van der Waals surface area (Å²) in [6, 6.07) is 14.3. The van der Waals surface area contributed by atoms with E-state index < -0.39 is 16.9 Å². The van der Waals surface area contributed by atoms with Crippen LogP contribution in [0.2, 0.25) is 0 Å². The molecule has 0 heterocycles. The first-order chi connectivity index (χ1) is 14.4. The van der Waals surface area contributed by atoms with Crippen LogP contribution in [0.4, 0.5) is 5.69 Å². The van der Waals surface area contributed by atoms with Crippen molar-refractivity contribution >= 4 is 29.3 Å². The second kappa shape index (κ2) is 11.6. The maximum Gasteiger partial charge on any atom is 0.269 e. The van der Waals surface area contributed by atoms with Gasteiger partial charge in [-0.15, -0.1) is 0 Å². The number of allylic oxidation sites excluding steroid dienone is 1. The van der Waals surface area contributed by atoms with Gasteiger partial charge < -0.3 is 10.7 Å². The van der Waals surface area contributed by atoms with E-state index in [1.807, 2.05) is 44.2 Å². The summed E-state index contributed by atoms with van der Waals surface area (Å²) in [4.78, 5) is 35.3. The van der Waals surface area contributed by atoms with Gasteiger partial charge in [0.15, 0.2) is 0 Å². The van der Waals surface area contributed by atoms with Crippen molar-refractivity contribution < 1.29 is 14.5 Å². The predicted octanol–water partition coefficient (Wildman–Crippen LogP) is 3.17. The highest BCUT2D eigenvalue weighted by Crippen LogP contribution is 2.15. The SMILES string of the molecule is CC(C)=CNNC(=O)C(CSCc1ccccc1)NC(=O)c1ccc([N+](=O)[O-])cc1. The highest BCUT2D eigenvalue weighted by atomic mass is 32.2. The van der Waals surface area contributed by atoms with E-state index in [0.717, 1.165) is 11.1 Å². The summed E-state index contributed by atoms with van der Waals surface area (Å²) in [6.45, 7) is 3.76. The molecule has 0 aliphatic rings. The molecule has 3 N–H and O–H groups in total. The topological polar surface area (TPSA) is 113 Å². The van der Waals surface area contributed by atoms with Crippen LogP contribution in [0.5, 0.6) is 0 Å². The number of nitro benzene ring substituents is 1. The van der Waals surface area contributed by atoms with Crippen molar-refractivity contribution in [2.24, 2.45) is 0 Å². The van der Waals surface area contributed by atoms with Crippen LogP contribution in [-0.4, -0.2) is 28.5 Å². The molecule has 0 fully saturated rings. The van der Waals surface area contributed by atoms with E-state index >= 15 is 0 Å². The zero-order valence-corrected chi connectivity index (χ0v) is 17.6. The number of non-ortho nitro benzene ring substituents is 1. The number of amides is 2. The summed E-state index contributed by atoms with van der Waals surface area (Å²) in [5.41, 5.74) is 7.49. The fourth-order valence-electron chi connectivity index (χ4n) is 2.37. The fraction of sp³-hybridized carbons (Fsp3) is 0.238. The summed E-state index contributed by atoms with van der Waals surface area (Å²) in [7, 11) is 0. The summed E-state index contributed by atoms with van der Waals surface area (Å²) in [5.74, 6) is 0.186. The highest BCUT2D eigenvalue weighted by Gasteiger charge is 2.22. The quantitative estimate of drug-likeness (QED) is 0.396. The van der Waals surface area contributed by atoms with Gasteiger partial charge in [-0.3, -0.25) is 25.1 Å². The number of rotatable bonds is 10. The molecule has 0 bridgehead atoms. The number of nitrogens with zero attached hydrogens (tertiary/aromatic N) is 1. The monoisotopic (exact) mass is 428 g/mol. The predicted molar refractivity (Wildman–Crippen MR) is 118 cm³/mol. The Bertz CT molecular complexity index is 897. The van der Waals surface area contributed by atoms with Gasteiger partial charge in [-0.2, -0.15) is 11.8 Å². The minimum absolute atomic E-state index is 0.106. The van der Waals surface area contributed by atoms with Crippen LogP contribution >= 0.6 is 11.8 Å². The van der Waals surface area contributed by atoms with Gasteiger partial charge in [-0.1, -0.05) is 35.9 Å². The molecule has 1 atom stereocenters. The van der Waals surface area contributed by atoms with E-state index in [0.29, 0.717) is 11.5 Å². The Kier molecular flexibility index (Phi) is 8.89. The minimum atomic E-state index is -0.792. The molecule has 8 nitrogen and oxygen atoms in total. The largest absolute Gasteiger partial charge is 0.339 e.